The van der Waals surface area contributed by atoms with Crippen molar-refractivity contribution in [2.24, 2.45) is 0 Å². The van der Waals surface area contributed by atoms with Gasteiger partial charge in [-0.2, -0.15) is 0 Å². The van der Waals surface area contributed by atoms with E-state index in [4.69, 9.17) is 0 Å². The fourth-order valence-corrected chi connectivity index (χ4v) is 4.97. The predicted octanol–water partition coefficient (Wildman–Crippen LogP) is 4.22. The highest BCUT2D eigenvalue weighted by atomic mass is 32.1. The minimum absolute atomic E-state index is 0.0279. The molecule has 0 spiro atoms. The van der Waals surface area contributed by atoms with Crippen LogP contribution in [0.3, 0.4) is 0 Å². The van der Waals surface area contributed by atoms with E-state index in [1.54, 1.807) is 0 Å². The van der Waals surface area contributed by atoms with Crippen molar-refractivity contribution in [1.82, 2.24) is 15.1 Å². The van der Waals surface area contributed by atoms with Crippen molar-refractivity contribution >= 4 is 23.3 Å². The number of amides is 3. The molecule has 0 bridgehead atoms. The number of hydrogen-bond donors (Lipinski definition) is 1. The normalized spacial score (nSPS) is 18.1. The third-order valence-corrected chi connectivity index (χ3v) is 6.63. The van der Waals surface area contributed by atoms with Crippen molar-refractivity contribution in [2.75, 3.05) is 26.2 Å². The van der Waals surface area contributed by atoms with Crippen molar-refractivity contribution in [2.45, 2.75) is 38.1 Å². The largest absolute Gasteiger partial charge is 0.335 e. The van der Waals surface area contributed by atoms with Gasteiger partial charge in [0.2, 0.25) is 0 Å². The monoisotopic (exact) mass is 397 g/mol. The molecule has 5 nitrogen and oxygen atoms in total. The molecule has 0 radical (unpaired) electrons. The number of nitrogens with one attached hydrogen (secondary N) is 1. The molecule has 0 unspecified atom stereocenters. The third-order valence-electron chi connectivity index (χ3n) is 5.73. The Morgan fingerprint density at radius 3 is 2.29 bits per heavy atom. The van der Waals surface area contributed by atoms with E-state index < -0.39 is 0 Å². The van der Waals surface area contributed by atoms with Crippen molar-refractivity contribution in [3.8, 4) is 11.1 Å². The quantitative estimate of drug-likeness (QED) is 0.843. The number of carbonyl (C=O) groups excluding carboxylic acids is 2. The Morgan fingerprint density at radius 1 is 0.893 bits per heavy atom. The van der Waals surface area contributed by atoms with Crippen LogP contribution >= 0.6 is 11.3 Å². The molecule has 2 heterocycles. The van der Waals surface area contributed by atoms with E-state index in [1.807, 2.05) is 51.6 Å². The number of benzene rings is 1. The molecule has 1 aromatic carbocycles. The summed E-state index contributed by atoms with van der Waals surface area (Å²) in [6, 6.07) is 12.4. The molecule has 148 valence electrons. The Balaban J connectivity index is 1.35. The summed E-state index contributed by atoms with van der Waals surface area (Å²) in [4.78, 5) is 30.1. The molecule has 0 atom stereocenters. The average molecular weight is 398 g/mol. The second-order valence-corrected chi connectivity index (χ2v) is 8.51. The number of nitrogens with zero attached hydrogens (tertiary/aromatic N) is 2. The lowest BCUT2D eigenvalue weighted by Gasteiger charge is -2.36. The zero-order valence-electron chi connectivity index (χ0n) is 16.1. The molecule has 1 aliphatic carbocycles. The summed E-state index contributed by atoms with van der Waals surface area (Å²) < 4.78 is 0. The summed E-state index contributed by atoms with van der Waals surface area (Å²) in [6.45, 7) is 2.36. The van der Waals surface area contributed by atoms with Crippen LogP contribution in [-0.2, 0) is 0 Å². The van der Waals surface area contributed by atoms with Crippen LogP contribution in [-0.4, -0.2) is 54.0 Å². The van der Waals surface area contributed by atoms with Crippen LogP contribution in [0.5, 0.6) is 0 Å². The van der Waals surface area contributed by atoms with Crippen molar-refractivity contribution in [1.29, 1.82) is 0 Å². The summed E-state index contributed by atoms with van der Waals surface area (Å²) >= 11 is 1.49. The van der Waals surface area contributed by atoms with Gasteiger partial charge in [0.25, 0.3) is 5.91 Å². The second kappa shape index (κ2) is 8.78. The van der Waals surface area contributed by atoms with Crippen LogP contribution in [0.4, 0.5) is 4.79 Å². The average Bonchev–Trinajstić information content (AvgIpc) is 3.24. The molecule has 2 aromatic rings. The number of carbonyl (C=O) groups is 2. The summed E-state index contributed by atoms with van der Waals surface area (Å²) in [5.41, 5.74) is 2.06. The van der Waals surface area contributed by atoms with E-state index in [9.17, 15) is 9.59 Å². The van der Waals surface area contributed by atoms with Crippen molar-refractivity contribution in [3.63, 3.8) is 0 Å². The summed E-state index contributed by atoms with van der Waals surface area (Å²) in [7, 11) is 0. The Hall–Kier alpha value is -2.34. The molecule has 6 heteroatoms. The van der Waals surface area contributed by atoms with Gasteiger partial charge in [-0.3, -0.25) is 4.79 Å². The first-order valence-corrected chi connectivity index (χ1v) is 11.1. The van der Waals surface area contributed by atoms with E-state index in [2.05, 4.69) is 5.32 Å². The van der Waals surface area contributed by atoms with Gasteiger partial charge in [-0.15, -0.1) is 11.3 Å². The number of urea groups is 1. The minimum Gasteiger partial charge on any atom is -0.335 e. The van der Waals surface area contributed by atoms with Gasteiger partial charge in [-0.1, -0.05) is 49.6 Å². The lowest BCUT2D eigenvalue weighted by Crippen LogP contribution is -2.54. The van der Waals surface area contributed by atoms with Crippen LogP contribution in [0.1, 0.15) is 41.8 Å². The number of piperazine rings is 1. The van der Waals surface area contributed by atoms with Crippen LogP contribution < -0.4 is 5.32 Å². The van der Waals surface area contributed by atoms with Crippen LogP contribution in [0.15, 0.2) is 41.8 Å². The van der Waals surface area contributed by atoms with Crippen LogP contribution in [0.25, 0.3) is 11.1 Å². The lowest BCUT2D eigenvalue weighted by atomic mass is 9.96. The molecular formula is C22H27N3O2S. The maximum Gasteiger partial charge on any atom is 0.317 e. The van der Waals surface area contributed by atoms with Gasteiger partial charge in [0, 0.05) is 37.8 Å². The zero-order valence-corrected chi connectivity index (χ0v) is 16.9. The molecule has 1 saturated heterocycles. The first-order chi connectivity index (χ1) is 13.7. The van der Waals surface area contributed by atoms with Gasteiger partial charge < -0.3 is 15.1 Å². The standard InChI is InChI=1S/C22H27N3O2S/c26-21(20-19(11-16-28-20)17-7-3-1-4-8-17)24-12-14-25(15-13-24)22(27)23-18-9-5-2-6-10-18/h1,3-4,7-8,11,16,18H,2,5-6,9-10,12-15H2,(H,23,27). The smallest absolute Gasteiger partial charge is 0.317 e. The first-order valence-electron chi connectivity index (χ1n) is 10.2. The summed E-state index contributed by atoms with van der Waals surface area (Å²) in [5.74, 6) is 0.0705. The molecule has 1 aliphatic heterocycles. The second-order valence-electron chi connectivity index (χ2n) is 7.59. The van der Waals surface area contributed by atoms with Gasteiger partial charge in [-0.25, -0.2) is 4.79 Å². The lowest BCUT2D eigenvalue weighted by molar-refractivity contribution is 0.0668. The summed E-state index contributed by atoms with van der Waals surface area (Å²) in [6.07, 6.45) is 5.87. The van der Waals surface area contributed by atoms with E-state index in [0.29, 0.717) is 32.2 Å². The Kier molecular flexibility index (Phi) is 5.95. The maximum atomic E-state index is 13.1. The fourth-order valence-electron chi connectivity index (χ4n) is 4.09. The van der Waals surface area contributed by atoms with Gasteiger partial charge >= 0.3 is 6.03 Å². The minimum atomic E-state index is 0.0279. The fraction of sp³-hybridized carbons (Fsp3) is 0.455. The van der Waals surface area contributed by atoms with Gasteiger partial charge in [0.1, 0.15) is 0 Å². The topological polar surface area (TPSA) is 52.7 Å². The predicted molar refractivity (Wildman–Crippen MR) is 113 cm³/mol. The SMILES string of the molecule is O=C(NC1CCCCC1)N1CCN(C(=O)c2sccc2-c2ccccc2)CC1. The molecule has 3 amide bonds. The zero-order chi connectivity index (χ0) is 19.3. The number of thiophene rings is 1. The first kappa shape index (κ1) is 19.0. The molecule has 2 fully saturated rings. The highest BCUT2D eigenvalue weighted by Gasteiger charge is 2.28. The van der Waals surface area contributed by atoms with Crippen LogP contribution in [0, 0.1) is 0 Å². The highest BCUT2D eigenvalue weighted by molar-refractivity contribution is 7.12. The third kappa shape index (κ3) is 4.22. The molecule has 28 heavy (non-hydrogen) atoms. The molecule has 2 aliphatic rings. The van der Waals surface area contributed by atoms with E-state index >= 15 is 0 Å². The Labute approximate surface area is 170 Å². The Morgan fingerprint density at radius 2 is 1.57 bits per heavy atom. The highest BCUT2D eigenvalue weighted by Crippen LogP contribution is 2.29. The number of hydrogen-bond acceptors (Lipinski definition) is 3. The summed E-state index contributed by atoms with van der Waals surface area (Å²) in [5, 5.41) is 5.15. The van der Waals surface area contributed by atoms with E-state index in [1.165, 1.54) is 30.6 Å². The Bertz CT molecular complexity index is 806. The van der Waals surface area contributed by atoms with Gasteiger partial charge in [-0.05, 0) is 29.9 Å². The van der Waals surface area contributed by atoms with E-state index in [0.717, 1.165) is 28.8 Å². The molecule has 4 rings (SSSR count). The van der Waals surface area contributed by atoms with Crippen molar-refractivity contribution < 1.29 is 9.59 Å². The molecule has 1 saturated carbocycles. The van der Waals surface area contributed by atoms with Crippen molar-refractivity contribution in [3.05, 3.63) is 46.7 Å². The van der Waals surface area contributed by atoms with E-state index in [-0.39, 0.29) is 11.9 Å². The molecule has 1 aromatic heterocycles. The molecule has 1 N–H and O–H groups in total. The van der Waals surface area contributed by atoms with Gasteiger partial charge in [0.15, 0.2) is 0 Å². The molecular weight excluding hydrogens is 370 g/mol. The maximum absolute atomic E-state index is 13.1. The van der Waals surface area contributed by atoms with Crippen LogP contribution in [0.2, 0.25) is 0 Å². The number of rotatable bonds is 3. The van der Waals surface area contributed by atoms with Gasteiger partial charge in [0.05, 0.1) is 4.88 Å².